The van der Waals surface area contributed by atoms with E-state index in [-0.39, 0.29) is 18.6 Å². The second-order valence-electron chi connectivity index (χ2n) is 4.56. The predicted octanol–water partition coefficient (Wildman–Crippen LogP) is 1.98. The largest absolute Gasteiger partial charge is 0.504 e. The highest BCUT2D eigenvalue weighted by molar-refractivity contribution is 5.76. The summed E-state index contributed by atoms with van der Waals surface area (Å²) in [6.07, 6.45) is 0.0992. The zero-order valence-electron chi connectivity index (χ0n) is 15.1. The van der Waals surface area contributed by atoms with Gasteiger partial charge in [-0.2, -0.15) is 0 Å². The van der Waals surface area contributed by atoms with Gasteiger partial charge in [-0.05, 0) is 45.9 Å². The molecule has 0 fully saturated rings. The van der Waals surface area contributed by atoms with Crippen LogP contribution in [0.4, 0.5) is 0 Å². The monoisotopic (exact) mass is 346 g/mol. The van der Waals surface area contributed by atoms with Gasteiger partial charge in [-0.25, -0.2) is 0 Å². The summed E-state index contributed by atoms with van der Waals surface area (Å²) in [6.45, 7) is 8.64. The van der Waals surface area contributed by atoms with Gasteiger partial charge >= 0.3 is 0 Å². The van der Waals surface area contributed by atoms with Crippen molar-refractivity contribution in [2.24, 2.45) is 0 Å². The maximum Gasteiger partial charge on any atom is 0.161 e. The molecule has 7 heteroatoms. The number of phenolic OH excluding ortho intramolecular Hbond substituents is 1. The summed E-state index contributed by atoms with van der Waals surface area (Å²) in [5, 5.41) is 25.1. The van der Waals surface area contributed by atoms with E-state index < -0.39 is 6.10 Å². The number of aromatic hydroxyl groups is 1. The van der Waals surface area contributed by atoms with Crippen molar-refractivity contribution in [2.45, 2.75) is 40.1 Å². The minimum atomic E-state index is -0.560. The highest BCUT2D eigenvalue weighted by Crippen LogP contribution is 2.25. The molecular weight excluding hydrogens is 316 g/mol. The highest BCUT2D eigenvalue weighted by atomic mass is 16.7. The first-order chi connectivity index (χ1) is 11.4. The minimum Gasteiger partial charge on any atom is -0.504 e. The molecule has 0 amide bonds. The van der Waals surface area contributed by atoms with E-state index >= 15 is 0 Å². The van der Waals surface area contributed by atoms with Gasteiger partial charge in [0.25, 0.3) is 0 Å². The Bertz CT molecular complexity index is 415. The molecule has 0 bridgehead atoms. The zero-order valence-corrected chi connectivity index (χ0v) is 15.1. The fourth-order valence-corrected chi connectivity index (χ4v) is 1.29. The van der Waals surface area contributed by atoms with Crippen molar-refractivity contribution in [3.63, 3.8) is 0 Å². The molecule has 140 valence electrons. The Kier molecular flexibility index (Phi) is 16.6. The van der Waals surface area contributed by atoms with E-state index in [1.807, 2.05) is 20.8 Å². The molecule has 7 nitrogen and oxygen atoms in total. The number of phenols is 1. The fourth-order valence-electron chi connectivity index (χ4n) is 1.29. The van der Waals surface area contributed by atoms with E-state index in [4.69, 9.17) is 29.5 Å². The number of hydrogen-bond donors (Lipinski definition) is 3. The van der Waals surface area contributed by atoms with E-state index in [0.29, 0.717) is 17.6 Å². The first-order valence-corrected chi connectivity index (χ1v) is 7.70. The quantitative estimate of drug-likeness (QED) is 0.512. The lowest BCUT2D eigenvalue weighted by atomic mass is 10.2. The van der Waals surface area contributed by atoms with Gasteiger partial charge in [-0.15, -0.1) is 0 Å². The molecule has 3 N–H and O–H groups in total. The Labute approximate surface area is 143 Å². The molecule has 0 saturated heterocycles. The van der Waals surface area contributed by atoms with Crippen LogP contribution in [0.5, 0.6) is 11.5 Å². The molecule has 0 aliphatic carbocycles. The van der Waals surface area contributed by atoms with Crippen LogP contribution in [-0.4, -0.2) is 60.9 Å². The first kappa shape index (κ1) is 24.6. The SMILES string of the molecule is CC(O)CO.CCOC(C)OCC.COc1cc(C=O)ccc1O. The summed E-state index contributed by atoms with van der Waals surface area (Å²) in [5.41, 5.74) is 0.486. The number of rotatable bonds is 7. The first-order valence-electron chi connectivity index (χ1n) is 7.70. The van der Waals surface area contributed by atoms with Crippen molar-refractivity contribution in [3.05, 3.63) is 23.8 Å². The van der Waals surface area contributed by atoms with Crippen LogP contribution in [0.3, 0.4) is 0 Å². The van der Waals surface area contributed by atoms with Gasteiger partial charge in [-0.3, -0.25) is 4.79 Å². The summed E-state index contributed by atoms with van der Waals surface area (Å²) in [5.74, 6) is 0.354. The van der Waals surface area contributed by atoms with Crippen molar-refractivity contribution in [1.82, 2.24) is 0 Å². The third-order valence-electron chi connectivity index (χ3n) is 2.41. The second-order valence-corrected chi connectivity index (χ2v) is 4.56. The number of aldehydes is 1. The molecule has 0 aliphatic rings. The van der Waals surface area contributed by atoms with Crippen LogP contribution >= 0.6 is 0 Å². The van der Waals surface area contributed by atoms with Crippen LogP contribution < -0.4 is 4.74 Å². The van der Waals surface area contributed by atoms with E-state index in [0.717, 1.165) is 13.2 Å². The smallest absolute Gasteiger partial charge is 0.161 e. The van der Waals surface area contributed by atoms with Crippen molar-refractivity contribution in [1.29, 1.82) is 0 Å². The van der Waals surface area contributed by atoms with Gasteiger partial charge in [0.15, 0.2) is 17.8 Å². The molecule has 1 aromatic rings. The topological polar surface area (TPSA) is 105 Å². The van der Waals surface area contributed by atoms with Gasteiger partial charge in [0, 0.05) is 18.8 Å². The van der Waals surface area contributed by atoms with Crippen molar-refractivity contribution in [2.75, 3.05) is 26.9 Å². The number of benzene rings is 1. The van der Waals surface area contributed by atoms with Gasteiger partial charge in [0.1, 0.15) is 6.29 Å². The third kappa shape index (κ3) is 14.0. The molecule has 0 aliphatic heterocycles. The van der Waals surface area contributed by atoms with Crippen molar-refractivity contribution >= 4 is 6.29 Å². The van der Waals surface area contributed by atoms with Gasteiger partial charge < -0.3 is 29.5 Å². The average Bonchev–Trinajstić information content (AvgIpc) is 2.57. The molecule has 0 aromatic heterocycles. The van der Waals surface area contributed by atoms with Crippen LogP contribution in [0.1, 0.15) is 38.1 Å². The Balaban J connectivity index is 0. The van der Waals surface area contributed by atoms with Crippen LogP contribution in [0.25, 0.3) is 0 Å². The molecule has 1 rings (SSSR count). The van der Waals surface area contributed by atoms with Crippen LogP contribution in [0.15, 0.2) is 18.2 Å². The summed E-state index contributed by atoms with van der Waals surface area (Å²) in [7, 11) is 1.43. The minimum absolute atomic E-state index is 0.0370. The molecule has 1 aromatic carbocycles. The van der Waals surface area contributed by atoms with Crippen LogP contribution in [0.2, 0.25) is 0 Å². The van der Waals surface area contributed by atoms with Crippen molar-refractivity contribution in [3.8, 4) is 11.5 Å². The summed E-state index contributed by atoms with van der Waals surface area (Å²) < 4.78 is 14.9. The lowest BCUT2D eigenvalue weighted by molar-refractivity contribution is -0.123. The summed E-state index contributed by atoms with van der Waals surface area (Å²) in [6, 6.07) is 4.41. The average molecular weight is 346 g/mol. The molecular formula is C17H30O7. The molecule has 0 saturated carbocycles. The Morgan fingerprint density at radius 2 is 1.67 bits per heavy atom. The van der Waals surface area contributed by atoms with Crippen LogP contribution in [-0.2, 0) is 9.47 Å². The molecule has 1 unspecified atom stereocenters. The summed E-state index contributed by atoms with van der Waals surface area (Å²) in [4.78, 5) is 10.2. The number of ether oxygens (including phenoxy) is 3. The Hall–Kier alpha value is -1.67. The van der Waals surface area contributed by atoms with Gasteiger partial charge in [0.2, 0.25) is 0 Å². The predicted molar refractivity (Wildman–Crippen MR) is 91.5 cm³/mol. The van der Waals surface area contributed by atoms with Crippen molar-refractivity contribution < 1.29 is 34.3 Å². The molecule has 0 heterocycles. The normalized spacial score (nSPS) is 10.8. The molecule has 1 atom stereocenters. The molecule has 24 heavy (non-hydrogen) atoms. The van der Waals surface area contributed by atoms with E-state index in [1.165, 1.54) is 32.2 Å². The summed E-state index contributed by atoms with van der Waals surface area (Å²) >= 11 is 0. The third-order valence-corrected chi connectivity index (χ3v) is 2.41. The lowest BCUT2D eigenvalue weighted by Crippen LogP contribution is -2.11. The van der Waals surface area contributed by atoms with Gasteiger partial charge in [0.05, 0.1) is 19.8 Å². The number of aliphatic hydroxyl groups excluding tert-OH is 2. The van der Waals surface area contributed by atoms with E-state index in [2.05, 4.69) is 0 Å². The number of carbonyl (C=O) groups is 1. The Morgan fingerprint density at radius 3 is 2.00 bits per heavy atom. The number of methoxy groups -OCH3 is 1. The zero-order chi connectivity index (χ0) is 19.0. The van der Waals surface area contributed by atoms with E-state index in [1.54, 1.807) is 0 Å². The Morgan fingerprint density at radius 1 is 1.17 bits per heavy atom. The van der Waals surface area contributed by atoms with E-state index in [9.17, 15) is 4.79 Å². The molecule has 0 radical (unpaired) electrons. The van der Waals surface area contributed by atoms with Crippen LogP contribution in [0, 0.1) is 0 Å². The number of aliphatic hydroxyl groups is 2. The number of hydrogen-bond acceptors (Lipinski definition) is 7. The standard InChI is InChI=1S/C8H8O3.C6H14O2.C3H8O2/c1-11-8-4-6(5-9)2-3-7(8)10;1-4-7-6(3)8-5-2;1-3(5)2-4/h2-5,10H,1H3;6H,4-5H2,1-3H3;3-5H,2H2,1H3. The maximum absolute atomic E-state index is 10.2. The number of carbonyl (C=O) groups excluding carboxylic acids is 1. The fraction of sp³-hybridized carbons (Fsp3) is 0.588. The highest BCUT2D eigenvalue weighted by Gasteiger charge is 2.00. The molecule has 0 spiro atoms. The lowest BCUT2D eigenvalue weighted by Gasteiger charge is -2.09. The maximum atomic E-state index is 10.2. The second kappa shape index (κ2) is 16.2. The van der Waals surface area contributed by atoms with Gasteiger partial charge in [-0.1, -0.05) is 0 Å².